The maximum absolute atomic E-state index is 10.0. The van der Waals surface area contributed by atoms with Gasteiger partial charge in [-0.15, -0.1) is 0 Å². The highest BCUT2D eigenvalue weighted by molar-refractivity contribution is 6.33. The van der Waals surface area contributed by atoms with Gasteiger partial charge in [0, 0.05) is 6.20 Å². The minimum absolute atomic E-state index is 0.288. The van der Waals surface area contributed by atoms with Crippen molar-refractivity contribution in [1.82, 2.24) is 14.5 Å². The number of aromatic nitrogens is 3. The second-order valence-electron chi connectivity index (χ2n) is 4.45. The molecule has 3 rings (SSSR count). The topological polar surface area (TPSA) is 91.4 Å². The number of halogens is 1. The highest BCUT2D eigenvalue weighted by Gasteiger charge is 2.35. The first-order valence-corrected chi connectivity index (χ1v) is 6.16. The van der Waals surface area contributed by atoms with E-state index in [1.54, 1.807) is 22.9 Å². The molecule has 0 radical (unpaired) electrons. The van der Waals surface area contributed by atoms with E-state index in [9.17, 15) is 10.2 Å². The van der Waals surface area contributed by atoms with Gasteiger partial charge < -0.3 is 19.9 Å². The molecule has 3 N–H and O–H groups in total. The highest BCUT2D eigenvalue weighted by Crippen LogP contribution is 2.32. The summed E-state index contributed by atoms with van der Waals surface area (Å²) in [4.78, 5) is 8.09. The second-order valence-corrected chi connectivity index (χ2v) is 4.81. The van der Waals surface area contributed by atoms with Crippen LogP contribution in [0.25, 0.3) is 11.0 Å². The van der Waals surface area contributed by atoms with Crippen molar-refractivity contribution in [2.45, 2.75) is 18.2 Å². The second kappa shape index (κ2) is 4.57. The summed E-state index contributed by atoms with van der Waals surface area (Å²) in [5.74, 6) is 0. The molecule has 0 saturated carbocycles. The Morgan fingerprint density at radius 1 is 1.32 bits per heavy atom. The Hall–Kier alpha value is -1.47. The quantitative estimate of drug-likeness (QED) is 0.543. The van der Waals surface area contributed by atoms with E-state index in [4.69, 9.17) is 16.7 Å². The van der Waals surface area contributed by atoms with Gasteiger partial charge in [0.2, 0.25) is 0 Å². The van der Waals surface area contributed by atoms with Crippen LogP contribution in [0.4, 0.5) is 0 Å². The molecule has 1 aliphatic rings. The summed E-state index contributed by atoms with van der Waals surface area (Å²) >= 11 is 5.94. The summed E-state index contributed by atoms with van der Waals surface area (Å²) < 4.78 is 1.71. The molecular weight excluding hydrogens is 270 g/mol. The first-order valence-electron chi connectivity index (χ1n) is 5.78. The van der Waals surface area contributed by atoms with Gasteiger partial charge in [0.25, 0.3) is 0 Å². The van der Waals surface area contributed by atoms with Gasteiger partial charge in [0.1, 0.15) is 17.7 Å². The van der Waals surface area contributed by atoms with Crippen LogP contribution in [0.2, 0.25) is 5.15 Å². The van der Waals surface area contributed by atoms with Gasteiger partial charge in [-0.2, -0.15) is 0 Å². The average molecular weight is 282 g/mol. The van der Waals surface area contributed by atoms with Gasteiger partial charge in [0.05, 0.1) is 24.5 Å². The number of aliphatic hydroxyl groups excluding tert-OH is 3. The molecule has 1 aliphatic carbocycles. The lowest BCUT2D eigenvalue weighted by Gasteiger charge is -2.19. The molecule has 100 valence electrons. The summed E-state index contributed by atoms with van der Waals surface area (Å²) in [7, 11) is 0. The van der Waals surface area contributed by atoms with Crippen LogP contribution < -0.4 is 0 Å². The molecule has 0 fully saturated rings. The van der Waals surface area contributed by atoms with E-state index in [0.29, 0.717) is 16.6 Å². The Balaban J connectivity index is 2.11. The molecular formula is C12H12ClN3O3. The van der Waals surface area contributed by atoms with E-state index in [1.807, 2.05) is 0 Å². The van der Waals surface area contributed by atoms with Crippen molar-refractivity contribution < 1.29 is 15.3 Å². The van der Waals surface area contributed by atoms with Crippen molar-refractivity contribution in [3.05, 3.63) is 35.4 Å². The number of imidazole rings is 1. The SMILES string of the molecule is OCC1=CC(n2cnc3c(Cl)nccc32)C(O)C1O. The van der Waals surface area contributed by atoms with Gasteiger partial charge >= 0.3 is 0 Å². The van der Waals surface area contributed by atoms with Gasteiger partial charge in [-0.05, 0) is 11.6 Å². The van der Waals surface area contributed by atoms with Crippen molar-refractivity contribution in [1.29, 1.82) is 0 Å². The number of nitrogens with zero attached hydrogens (tertiary/aromatic N) is 3. The van der Waals surface area contributed by atoms with Crippen molar-refractivity contribution in [2.24, 2.45) is 0 Å². The van der Waals surface area contributed by atoms with E-state index in [0.717, 1.165) is 0 Å². The van der Waals surface area contributed by atoms with Gasteiger partial charge in [0.15, 0.2) is 5.15 Å². The number of rotatable bonds is 2. The minimum Gasteiger partial charge on any atom is -0.392 e. The highest BCUT2D eigenvalue weighted by atomic mass is 35.5. The van der Waals surface area contributed by atoms with Crippen LogP contribution in [0.1, 0.15) is 6.04 Å². The Bertz CT molecular complexity index is 655. The maximum Gasteiger partial charge on any atom is 0.156 e. The summed E-state index contributed by atoms with van der Waals surface area (Å²) in [6, 6.07) is 1.25. The van der Waals surface area contributed by atoms with Crippen molar-refractivity contribution in [3.8, 4) is 0 Å². The third-order valence-corrected chi connectivity index (χ3v) is 3.67. The minimum atomic E-state index is -1.07. The van der Waals surface area contributed by atoms with E-state index in [2.05, 4.69) is 9.97 Å². The van der Waals surface area contributed by atoms with Crippen LogP contribution in [-0.4, -0.2) is 48.7 Å². The molecule has 2 aromatic heterocycles. The summed E-state index contributed by atoms with van der Waals surface area (Å²) in [6.07, 6.45) is 2.65. The predicted molar refractivity (Wildman–Crippen MR) is 68.8 cm³/mol. The average Bonchev–Trinajstić information content (AvgIpc) is 2.94. The third kappa shape index (κ3) is 1.84. The molecule has 2 heterocycles. The van der Waals surface area contributed by atoms with Gasteiger partial charge in [-0.1, -0.05) is 17.7 Å². The molecule has 3 atom stereocenters. The monoisotopic (exact) mass is 281 g/mol. The molecule has 0 bridgehead atoms. The third-order valence-electron chi connectivity index (χ3n) is 3.39. The van der Waals surface area contributed by atoms with Crippen molar-refractivity contribution in [3.63, 3.8) is 0 Å². The Morgan fingerprint density at radius 3 is 2.79 bits per heavy atom. The number of pyridine rings is 1. The fraction of sp³-hybridized carbons (Fsp3) is 0.333. The van der Waals surface area contributed by atoms with Crippen LogP contribution in [0, 0.1) is 0 Å². The van der Waals surface area contributed by atoms with Crippen LogP contribution >= 0.6 is 11.6 Å². The normalized spacial score (nSPS) is 26.9. The molecule has 2 aromatic rings. The molecule has 0 aliphatic heterocycles. The molecule has 0 spiro atoms. The zero-order chi connectivity index (χ0) is 13.6. The van der Waals surface area contributed by atoms with E-state index < -0.39 is 18.2 Å². The van der Waals surface area contributed by atoms with Crippen LogP contribution in [-0.2, 0) is 0 Å². The fourth-order valence-electron chi connectivity index (χ4n) is 2.38. The largest absolute Gasteiger partial charge is 0.392 e. The molecule has 3 unspecified atom stereocenters. The number of fused-ring (bicyclic) bond motifs is 1. The summed E-state index contributed by atoms with van der Waals surface area (Å²) in [5, 5.41) is 29.3. The lowest BCUT2D eigenvalue weighted by Crippen LogP contribution is -2.29. The smallest absolute Gasteiger partial charge is 0.156 e. The Morgan fingerprint density at radius 2 is 2.11 bits per heavy atom. The number of hydrogen-bond donors (Lipinski definition) is 3. The maximum atomic E-state index is 10.0. The van der Waals surface area contributed by atoms with Gasteiger partial charge in [-0.25, -0.2) is 9.97 Å². The van der Waals surface area contributed by atoms with E-state index in [-0.39, 0.29) is 11.8 Å². The van der Waals surface area contributed by atoms with Crippen molar-refractivity contribution >= 4 is 22.6 Å². The Kier molecular flexibility index (Phi) is 3.02. The van der Waals surface area contributed by atoms with Crippen molar-refractivity contribution in [2.75, 3.05) is 6.61 Å². The lowest BCUT2D eigenvalue weighted by molar-refractivity contribution is 0.0288. The number of aliphatic hydroxyl groups is 3. The lowest BCUT2D eigenvalue weighted by atomic mass is 10.1. The van der Waals surface area contributed by atoms with E-state index in [1.165, 1.54) is 6.33 Å². The Labute approximate surface area is 113 Å². The molecule has 0 amide bonds. The standard InChI is InChI=1S/C12H12ClN3O3/c13-12-9-7(1-2-14-12)16(5-15-9)8-3-6(4-17)10(18)11(8)19/h1-3,5,8,10-11,17-19H,4H2. The zero-order valence-electron chi connectivity index (χ0n) is 9.81. The first kappa shape index (κ1) is 12.6. The van der Waals surface area contributed by atoms with Crippen LogP contribution in [0.15, 0.2) is 30.2 Å². The van der Waals surface area contributed by atoms with Crippen LogP contribution in [0.5, 0.6) is 0 Å². The molecule has 7 heteroatoms. The van der Waals surface area contributed by atoms with E-state index >= 15 is 0 Å². The predicted octanol–water partition coefficient (Wildman–Crippen LogP) is 0.280. The fourth-order valence-corrected chi connectivity index (χ4v) is 2.58. The summed E-state index contributed by atoms with van der Waals surface area (Å²) in [6.45, 7) is -0.288. The number of hydrogen-bond acceptors (Lipinski definition) is 5. The first-order chi connectivity index (χ1) is 9.13. The van der Waals surface area contributed by atoms with Crippen LogP contribution in [0.3, 0.4) is 0 Å². The zero-order valence-corrected chi connectivity index (χ0v) is 10.6. The molecule has 0 aromatic carbocycles. The molecule has 0 saturated heterocycles. The molecule has 19 heavy (non-hydrogen) atoms. The van der Waals surface area contributed by atoms with Gasteiger partial charge in [-0.3, -0.25) is 0 Å². The molecule has 6 nitrogen and oxygen atoms in total. The summed E-state index contributed by atoms with van der Waals surface area (Å²) in [5.41, 5.74) is 1.66.